The first-order valence-electron chi connectivity index (χ1n) is 12.0. The maximum absolute atomic E-state index is 13.0. The number of benzene rings is 1. The van der Waals surface area contributed by atoms with E-state index in [2.05, 4.69) is 21.4 Å². The van der Waals surface area contributed by atoms with Crippen molar-refractivity contribution in [3.05, 3.63) is 53.0 Å². The van der Waals surface area contributed by atoms with Crippen LogP contribution in [0.1, 0.15) is 65.7 Å². The van der Waals surface area contributed by atoms with Crippen molar-refractivity contribution in [3.63, 3.8) is 0 Å². The molecular formula is C26H29N5O. The Bertz CT molecular complexity index is 1050. The largest absolute Gasteiger partial charge is 0.369 e. The summed E-state index contributed by atoms with van der Waals surface area (Å²) < 4.78 is 0. The third kappa shape index (κ3) is 3.44. The van der Waals surface area contributed by atoms with E-state index in [0.29, 0.717) is 29.6 Å². The van der Waals surface area contributed by atoms with Gasteiger partial charge in [0.15, 0.2) is 0 Å². The topological polar surface area (TPSA) is 81.9 Å². The van der Waals surface area contributed by atoms with Crippen molar-refractivity contribution in [2.75, 3.05) is 18.4 Å². The number of nitrogens with zero attached hydrogens (tertiary/aromatic N) is 4. The van der Waals surface area contributed by atoms with Gasteiger partial charge in [-0.05, 0) is 92.4 Å². The Morgan fingerprint density at radius 3 is 2.44 bits per heavy atom. The molecule has 4 fully saturated rings. The van der Waals surface area contributed by atoms with Crippen molar-refractivity contribution in [3.8, 4) is 6.07 Å². The van der Waals surface area contributed by atoms with E-state index in [-0.39, 0.29) is 5.91 Å². The molecule has 0 atom stereocenters. The lowest BCUT2D eigenvalue weighted by atomic mass is 9.49. The summed E-state index contributed by atoms with van der Waals surface area (Å²) in [6.07, 6.45) is 10.9. The normalized spacial score (nSPS) is 30.0. The van der Waals surface area contributed by atoms with Gasteiger partial charge in [-0.1, -0.05) is 0 Å². The van der Waals surface area contributed by atoms with Gasteiger partial charge in [-0.3, -0.25) is 4.79 Å². The van der Waals surface area contributed by atoms with E-state index in [1.54, 1.807) is 30.6 Å². The second-order valence-corrected chi connectivity index (χ2v) is 10.6. The standard InChI is InChI=1S/C26H29N5O/c27-13-17-1-3-21(4-2-17)25(32)31-6-5-22-23(14-31)29-16-30-24(22)28-15-26-10-18-7-19(11-26)9-20(8-18)12-26/h1-4,16,18-20H,5-12,14-15H2,(H,28,29,30). The minimum Gasteiger partial charge on any atom is -0.369 e. The lowest BCUT2D eigenvalue weighted by Gasteiger charge is -2.57. The molecule has 1 aliphatic heterocycles. The smallest absolute Gasteiger partial charge is 0.254 e. The van der Waals surface area contributed by atoms with Gasteiger partial charge >= 0.3 is 0 Å². The average molecular weight is 428 g/mol. The van der Waals surface area contributed by atoms with Crippen molar-refractivity contribution in [2.24, 2.45) is 23.2 Å². The number of rotatable bonds is 4. The summed E-state index contributed by atoms with van der Waals surface area (Å²) in [5.41, 5.74) is 3.75. The lowest BCUT2D eigenvalue weighted by molar-refractivity contribution is -0.0444. The van der Waals surface area contributed by atoms with Crippen LogP contribution in [0, 0.1) is 34.5 Å². The highest BCUT2D eigenvalue weighted by Crippen LogP contribution is 2.59. The van der Waals surface area contributed by atoms with E-state index in [4.69, 9.17) is 5.26 Å². The summed E-state index contributed by atoms with van der Waals surface area (Å²) in [6.45, 7) is 2.18. The molecule has 0 unspecified atom stereocenters. The fourth-order valence-electron chi connectivity index (χ4n) is 7.33. The van der Waals surface area contributed by atoms with Crippen LogP contribution in [-0.4, -0.2) is 33.9 Å². The van der Waals surface area contributed by atoms with E-state index in [1.165, 1.54) is 44.1 Å². The van der Waals surface area contributed by atoms with Crippen LogP contribution in [0.2, 0.25) is 0 Å². The maximum Gasteiger partial charge on any atom is 0.254 e. The Labute approximate surface area is 189 Å². The molecule has 32 heavy (non-hydrogen) atoms. The highest BCUT2D eigenvalue weighted by atomic mass is 16.2. The molecule has 1 aromatic heterocycles. The monoisotopic (exact) mass is 427 g/mol. The third-order valence-electron chi connectivity index (χ3n) is 8.35. The van der Waals surface area contributed by atoms with Crippen molar-refractivity contribution < 1.29 is 4.79 Å². The van der Waals surface area contributed by atoms with Crippen molar-refractivity contribution in [2.45, 2.75) is 51.5 Å². The van der Waals surface area contributed by atoms with Gasteiger partial charge in [0.2, 0.25) is 0 Å². The third-order valence-corrected chi connectivity index (χ3v) is 8.35. The first-order valence-corrected chi connectivity index (χ1v) is 12.0. The Balaban J connectivity index is 1.16. The molecule has 4 saturated carbocycles. The van der Waals surface area contributed by atoms with Crippen LogP contribution >= 0.6 is 0 Å². The Morgan fingerprint density at radius 2 is 1.78 bits per heavy atom. The van der Waals surface area contributed by atoms with Gasteiger partial charge in [-0.25, -0.2) is 9.97 Å². The van der Waals surface area contributed by atoms with Crippen LogP contribution in [0.25, 0.3) is 0 Å². The van der Waals surface area contributed by atoms with E-state index in [0.717, 1.165) is 42.2 Å². The minimum absolute atomic E-state index is 0.0122. The predicted octanol–water partition coefficient (Wildman–Crippen LogP) is 4.18. The second-order valence-electron chi connectivity index (χ2n) is 10.6. The summed E-state index contributed by atoms with van der Waals surface area (Å²) >= 11 is 0. The molecule has 4 bridgehead atoms. The number of hydrogen-bond donors (Lipinski definition) is 1. The molecule has 1 aromatic carbocycles. The number of carbonyl (C=O) groups excluding carboxylic acids is 1. The maximum atomic E-state index is 13.0. The number of nitrogens with one attached hydrogen (secondary N) is 1. The number of fused-ring (bicyclic) bond motifs is 1. The summed E-state index contributed by atoms with van der Waals surface area (Å²) in [5.74, 6) is 3.80. The van der Waals surface area contributed by atoms with Gasteiger partial charge in [0, 0.05) is 24.2 Å². The van der Waals surface area contributed by atoms with Crippen LogP contribution in [-0.2, 0) is 13.0 Å². The van der Waals surface area contributed by atoms with E-state index >= 15 is 0 Å². The van der Waals surface area contributed by atoms with Gasteiger partial charge in [-0.2, -0.15) is 5.26 Å². The van der Waals surface area contributed by atoms with Crippen LogP contribution in [0.4, 0.5) is 5.82 Å². The fraction of sp³-hybridized carbons (Fsp3) is 0.538. The first-order chi connectivity index (χ1) is 15.6. The zero-order valence-corrected chi connectivity index (χ0v) is 18.4. The molecule has 0 saturated heterocycles. The molecule has 6 nitrogen and oxygen atoms in total. The van der Waals surface area contributed by atoms with Crippen LogP contribution in [0.3, 0.4) is 0 Å². The van der Waals surface area contributed by atoms with Gasteiger partial charge in [-0.15, -0.1) is 0 Å². The highest BCUT2D eigenvalue weighted by Gasteiger charge is 2.50. The molecule has 2 aromatic rings. The number of nitriles is 1. The fourth-order valence-corrected chi connectivity index (χ4v) is 7.33. The highest BCUT2D eigenvalue weighted by molar-refractivity contribution is 5.94. The van der Waals surface area contributed by atoms with Crippen LogP contribution in [0.5, 0.6) is 0 Å². The summed E-state index contributed by atoms with van der Waals surface area (Å²) in [5, 5.41) is 12.7. The number of amides is 1. The number of anilines is 1. The Kier molecular flexibility index (Phi) is 4.67. The number of hydrogen-bond acceptors (Lipinski definition) is 5. The van der Waals surface area contributed by atoms with Crippen LogP contribution in [0.15, 0.2) is 30.6 Å². The second kappa shape index (κ2) is 7.58. The zero-order valence-electron chi connectivity index (χ0n) is 18.4. The number of carbonyl (C=O) groups is 1. The van der Waals surface area contributed by atoms with Gasteiger partial charge in [0.25, 0.3) is 5.91 Å². The molecular weight excluding hydrogens is 398 g/mol. The molecule has 2 heterocycles. The number of aromatic nitrogens is 2. The van der Waals surface area contributed by atoms with Crippen LogP contribution < -0.4 is 5.32 Å². The van der Waals surface area contributed by atoms with E-state index in [1.807, 2.05) is 4.90 Å². The summed E-state index contributed by atoms with van der Waals surface area (Å²) in [6, 6.07) is 8.95. The van der Waals surface area contributed by atoms with E-state index in [9.17, 15) is 4.79 Å². The van der Waals surface area contributed by atoms with Gasteiger partial charge < -0.3 is 10.2 Å². The predicted molar refractivity (Wildman–Crippen MR) is 121 cm³/mol. The Morgan fingerprint density at radius 1 is 1.09 bits per heavy atom. The minimum atomic E-state index is -0.0122. The molecule has 1 amide bonds. The molecule has 5 aliphatic rings. The van der Waals surface area contributed by atoms with E-state index < -0.39 is 0 Å². The van der Waals surface area contributed by atoms with Crippen molar-refractivity contribution in [1.82, 2.24) is 14.9 Å². The van der Waals surface area contributed by atoms with Gasteiger partial charge in [0.05, 0.1) is 23.9 Å². The van der Waals surface area contributed by atoms with Crippen molar-refractivity contribution >= 4 is 11.7 Å². The SMILES string of the molecule is N#Cc1ccc(C(=O)N2CCc3c(ncnc3NCC34CC5CC(CC(C5)C3)C4)C2)cc1. The average Bonchev–Trinajstić information content (AvgIpc) is 2.81. The summed E-state index contributed by atoms with van der Waals surface area (Å²) in [4.78, 5) is 23.9. The first kappa shape index (κ1) is 19.7. The quantitative estimate of drug-likeness (QED) is 0.792. The molecule has 4 aliphatic carbocycles. The zero-order chi connectivity index (χ0) is 21.7. The molecule has 1 N–H and O–H groups in total. The molecule has 7 rings (SSSR count). The lowest BCUT2D eigenvalue weighted by Crippen LogP contribution is -2.49. The Hall–Kier alpha value is -2.94. The molecule has 0 spiro atoms. The molecule has 0 radical (unpaired) electrons. The molecule has 6 heteroatoms. The summed E-state index contributed by atoms with van der Waals surface area (Å²) in [7, 11) is 0. The van der Waals surface area contributed by atoms with Gasteiger partial charge in [0.1, 0.15) is 12.1 Å². The molecule has 164 valence electrons. The van der Waals surface area contributed by atoms with Crippen molar-refractivity contribution in [1.29, 1.82) is 5.26 Å².